The fraction of sp³-hybridized carbons (Fsp3) is 0.238. The third-order valence-corrected chi connectivity index (χ3v) is 4.67. The molecule has 0 unspecified atom stereocenters. The summed E-state index contributed by atoms with van der Waals surface area (Å²) in [5, 5.41) is 12.7. The van der Waals surface area contributed by atoms with Gasteiger partial charge in [0.25, 0.3) is 0 Å². The molecule has 0 bridgehead atoms. The number of benzene rings is 2. The lowest BCUT2D eigenvalue weighted by molar-refractivity contribution is -0.121. The SMILES string of the molecule is CC(=O)Nc1ccc(CNC(=O)CCn2c(-c3cccc(C)c3)n[nH]c2=S)cc1. The number of nitrogens with zero attached hydrogens (tertiary/aromatic N) is 2. The van der Waals surface area contributed by atoms with Crippen LogP contribution in [0.5, 0.6) is 0 Å². The van der Waals surface area contributed by atoms with Crippen molar-refractivity contribution < 1.29 is 9.59 Å². The molecule has 0 fully saturated rings. The van der Waals surface area contributed by atoms with Gasteiger partial charge in [0.05, 0.1) is 0 Å². The zero-order valence-electron chi connectivity index (χ0n) is 16.4. The van der Waals surface area contributed by atoms with E-state index in [4.69, 9.17) is 12.2 Å². The molecule has 0 aliphatic rings. The highest BCUT2D eigenvalue weighted by molar-refractivity contribution is 7.71. The number of hydrogen-bond acceptors (Lipinski definition) is 4. The molecule has 7 nitrogen and oxygen atoms in total. The first kappa shape index (κ1) is 20.5. The Balaban J connectivity index is 1.57. The van der Waals surface area contributed by atoms with E-state index in [-0.39, 0.29) is 18.2 Å². The first-order valence-electron chi connectivity index (χ1n) is 9.28. The Hall–Kier alpha value is -3.26. The third-order valence-electron chi connectivity index (χ3n) is 4.36. The Morgan fingerprint density at radius 2 is 1.93 bits per heavy atom. The zero-order valence-corrected chi connectivity index (χ0v) is 17.2. The Morgan fingerprint density at radius 3 is 2.62 bits per heavy atom. The van der Waals surface area contributed by atoms with Crippen molar-refractivity contribution in [1.82, 2.24) is 20.1 Å². The molecule has 3 N–H and O–H groups in total. The van der Waals surface area contributed by atoms with Crippen LogP contribution in [-0.4, -0.2) is 26.6 Å². The second kappa shape index (κ2) is 9.29. The number of carbonyl (C=O) groups is 2. The van der Waals surface area contributed by atoms with Crippen LogP contribution in [0.3, 0.4) is 0 Å². The number of amides is 2. The van der Waals surface area contributed by atoms with Gasteiger partial charge >= 0.3 is 0 Å². The summed E-state index contributed by atoms with van der Waals surface area (Å²) in [6.07, 6.45) is 0.288. The Morgan fingerprint density at radius 1 is 1.17 bits per heavy atom. The van der Waals surface area contributed by atoms with Gasteiger partial charge in [-0.1, -0.05) is 35.9 Å². The summed E-state index contributed by atoms with van der Waals surface area (Å²) >= 11 is 5.32. The highest BCUT2D eigenvalue weighted by Crippen LogP contribution is 2.19. The molecule has 8 heteroatoms. The fourth-order valence-corrected chi connectivity index (χ4v) is 3.16. The van der Waals surface area contributed by atoms with Gasteiger partial charge in [-0.15, -0.1) is 0 Å². The average Bonchev–Trinajstić information content (AvgIpc) is 3.06. The quantitative estimate of drug-likeness (QED) is 0.520. The summed E-state index contributed by atoms with van der Waals surface area (Å²) in [4.78, 5) is 23.3. The Kier molecular flexibility index (Phi) is 6.56. The number of aromatic nitrogens is 3. The number of anilines is 1. The Labute approximate surface area is 174 Å². The molecular weight excluding hydrogens is 386 g/mol. The van der Waals surface area contributed by atoms with Crippen molar-refractivity contribution in [2.45, 2.75) is 33.4 Å². The first-order chi connectivity index (χ1) is 13.9. The minimum absolute atomic E-state index is 0.0748. The van der Waals surface area contributed by atoms with Gasteiger partial charge in [0, 0.05) is 37.7 Å². The van der Waals surface area contributed by atoms with Gasteiger partial charge in [-0.2, -0.15) is 5.10 Å². The number of H-pyrrole nitrogens is 1. The van der Waals surface area contributed by atoms with Crippen molar-refractivity contribution in [2.24, 2.45) is 0 Å². The summed E-state index contributed by atoms with van der Waals surface area (Å²) in [6.45, 7) is 4.34. The smallest absolute Gasteiger partial charge is 0.222 e. The minimum Gasteiger partial charge on any atom is -0.352 e. The van der Waals surface area contributed by atoms with Crippen molar-refractivity contribution >= 4 is 29.7 Å². The van der Waals surface area contributed by atoms with E-state index in [1.54, 1.807) is 0 Å². The van der Waals surface area contributed by atoms with Crippen LogP contribution in [0.4, 0.5) is 5.69 Å². The topological polar surface area (TPSA) is 91.8 Å². The highest BCUT2D eigenvalue weighted by Gasteiger charge is 2.11. The predicted molar refractivity (Wildman–Crippen MR) is 115 cm³/mol. The third kappa shape index (κ3) is 5.61. The molecule has 0 atom stereocenters. The average molecular weight is 410 g/mol. The van der Waals surface area contributed by atoms with Gasteiger partial charge < -0.3 is 10.6 Å². The van der Waals surface area contributed by atoms with Gasteiger partial charge in [-0.25, -0.2) is 0 Å². The lowest BCUT2D eigenvalue weighted by Crippen LogP contribution is -2.24. The van der Waals surface area contributed by atoms with E-state index in [1.165, 1.54) is 6.92 Å². The van der Waals surface area contributed by atoms with Crippen molar-refractivity contribution in [3.8, 4) is 11.4 Å². The van der Waals surface area contributed by atoms with E-state index in [0.717, 1.165) is 28.2 Å². The maximum Gasteiger partial charge on any atom is 0.222 e. The van der Waals surface area contributed by atoms with Crippen molar-refractivity contribution in [2.75, 3.05) is 5.32 Å². The highest BCUT2D eigenvalue weighted by atomic mass is 32.1. The molecule has 3 rings (SSSR count). The van der Waals surface area contributed by atoms with E-state index >= 15 is 0 Å². The molecule has 150 valence electrons. The van der Waals surface area contributed by atoms with Gasteiger partial charge in [0.15, 0.2) is 10.6 Å². The maximum absolute atomic E-state index is 12.3. The number of carbonyl (C=O) groups excluding carboxylic acids is 2. The Bertz CT molecular complexity index is 1070. The van der Waals surface area contributed by atoms with Crippen LogP contribution in [0, 0.1) is 11.7 Å². The van der Waals surface area contributed by atoms with Gasteiger partial charge in [-0.05, 0) is 42.9 Å². The molecule has 0 radical (unpaired) electrons. The number of nitrogens with one attached hydrogen (secondary N) is 3. The second-order valence-electron chi connectivity index (χ2n) is 6.78. The fourth-order valence-electron chi connectivity index (χ4n) is 2.94. The van der Waals surface area contributed by atoms with Crippen LogP contribution in [0.2, 0.25) is 0 Å². The molecule has 2 aromatic carbocycles. The summed E-state index contributed by atoms with van der Waals surface area (Å²) < 4.78 is 2.33. The van der Waals surface area contributed by atoms with E-state index in [0.29, 0.717) is 17.9 Å². The zero-order chi connectivity index (χ0) is 20.8. The minimum atomic E-state index is -0.117. The molecule has 3 aromatic rings. The lowest BCUT2D eigenvalue weighted by Gasteiger charge is -2.09. The molecule has 1 aromatic heterocycles. The standard InChI is InChI=1S/C21H23N5O2S/c1-14-4-3-5-17(12-14)20-24-25-21(29)26(20)11-10-19(28)22-13-16-6-8-18(9-7-16)23-15(2)27/h3-9,12H,10-11,13H2,1-2H3,(H,22,28)(H,23,27)(H,25,29). The molecule has 1 heterocycles. The summed E-state index contributed by atoms with van der Waals surface area (Å²) in [5.74, 6) is 0.531. The number of aromatic amines is 1. The summed E-state index contributed by atoms with van der Waals surface area (Å²) in [6, 6.07) is 15.3. The van der Waals surface area contributed by atoms with Crippen molar-refractivity contribution in [1.29, 1.82) is 0 Å². The number of rotatable bonds is 7. The van der Waals surface area contributed by atoms with Crippen LogP contribution in [0.15, 0.2) is 48.5 Å². The van der Waals surface area contributed by atoms with Crippen LogP contribution in [-0.2, 0) is 22.7 Å². The van der Waals surface area contributed by atoms with Crippen LogP contribution in [0.25, 0.3) is 11.4 Å². The van der Waals surface area contributed by atoms with Crippen LogP contribution in [0.1, 0.15) is 24.5 Å². The monoisotopic (exact) mass is 409 g/mol. The molecule has 0 saturated carbocycles. The molecular formula is C21H23N5O2S. The van der Waals surface area contributed by atoms with E-state index < -0.39 is 0 Å². The molecule has 0 aliphatic heterocycles. The number of hydrogen-bond donors (Lipinski definition) is 3. The lowest BCUT2D eigenvalue weighted by atomic mass is 10.1. The normalized spacial score (nSPS) is 10.6. The second-order valence-corrected chi connectivity index (χ2v) is 7.17. The van der Waals surface area contributed by atoms with E-state index in [1.807, 2.05) is 60.0 Å². The predicted octanol–water partition coefficient (Wildman–Crippen LogP) is 3.58. The summed E-state index contributed by atoms with van der Waals surface area (Å²) in [7, 11) is 0. The maximum atomic E-state index is 12.3. The molecule has 0 spiro atoms. The largest absolute Gasteiger partial charge is 0.352 e. The molecule has 29 heavy (non-hydrogen) atoms. The first-order valence-corrected chi connectivity index (χ1v) is 9.68. The van der Waals surface area contributed by atoms with Gasteiger partial charge in [-0.3, -0.25) is 19.3 Å². The van der Waals surface area contributed by atoms with Gasteiger partial charge in [0.1, 0.15) is 0 Å². The van der Waals surface area contributed by atoms with Crippen molar-refractivity contribution in [3.63, 3.8) is 0 Å². The van der Waals surface area contributed by atoms with Crippen LogP contribution < -0.4 is 10.6 Å². The van der Waals surface area contributed by atoms with Gasteiger partial charge in [0.2, 0.25) is 11.8 Å². The van der Waals surface area contributed by atoms with E-state index in [2.05, 4.69) is 20.8 Å². The number of aryl methyl sites for hydroxylation is 1. The molecule has 2 amide bonds. The van der Waals surface area contributed by atoms with Crippen LogP contribution >= 0.6 is 12.2 Å². The molecule has 0 aliphatic carbocycles. The summed E-state index contributed by atoms with van der Waals surface area (Å²) in [5.41, 5.74) is 3.76. The molecule has 0 saturated heterocycles. The van der Waals surface area contributed by atoms with E-state index in [9.17, 15) is 9.59 Å². The van der Waals surface area contributed by atoms with Crippen molar-refractivity contribution in [3.05, 3.63) is 64.4 Å².